The fraction of sp³-hybridized carbons (Fsp3) is 0.400. The molecule has 1 heterocycles. The van der Waals surface area contributed by atoms with Crippen molar-refractivity contribution >= 4 is 23.5 Å². The highest BCUT2D eigenvalue weighted by Crippen LogP contribution is 2.37. The van der Waals surface area contributed by atoms with Gasteiger partial charge in [0, 0.05) is 5.69 Å². The highest BCUT2D eigenvalue weighted by molar-refractivity contribution is 6.09. The quantitative estimate of drug-likeness (QED) is 0.608. The fourth-order valence-electron chi connectivity index (χ4n) is 2.33. The van der Waals surface area contributed by atoms with Crippen LogP contribution >= 0.6 is 0 Å². The molecule has 0 saturated carbocycles. The number of amides is 4. The molecule has 4 amide bonds. The van der Waals surface area contributed by atoms with E-state index in [1.165, 1.54) is 13.8 Å². The molecule has 0 aromatic heterocycles. The molecule has 1 saturated heterocycles. The van der Waals surface area contributed by atoms with Crippen molar-refractivity contribution in [2.75, 3.05) is 11.9 Å². The lowest BCUT2D eigenvalue weighted by Gasteiger charge is -2.17. The minimum absolute atomic E-state index is 0.0877. The molecule has 148 valence electrons. The predicted octanol–water partition coefficient (Wildman–Crippen LogP) is 2.99. The number of halogens is 6. The molecule has 0 bridgehead atoms. The fourth-order valence-corrected chi connectivity index (χ4v) is 2.33. The molecule has 0 spiro atoms. The lowest BCUT2D eigenvalue weighted by molar-refractivity contribution is -0.143. The number of nitrogens with zero attached hydrogens (tertiary/aromatic N) is 1. The minimum Gasteiger partial charge on any atom is -0.325 e. The lowest BCUT2D eigenvalue weighted by atomic mass is 10.1. The van der Waals surface area contributed by atoms with Gasteiger partial charge in [-0.15, -0.1) is 0 Å². The molecule has 0 aliphatic carbocycles. The molecule has 1 aliphatic rings. The number of carbonyl (C=O) groups is 3. The maximum atomic E-state index is 12.8. The minimum atomic E-state index is -5.07. The first-order valence-electron chi connectivity index (χ1n) is 7.35. The van der Waals surface area contributed by atoms with Gasteiger partial charge in [0.1, 0.15) is 12.1 Å². The number of urea groups is 1. The molecular formula is C15H13F6N3O3. The summed E-state index contributed by atoms with van der Waals surface area (Å²) >= 11 is 0. The molecule has 1 aromatic rings. The van der Waals surface area contributed by atoms with Crippen LogP contribution in [0.5, 0.6) is 0 Å². The molecule has 1 aliphatic heterocycles. The summed E-state index contributed by atoms with van der Waals surface area (Å²) in [6.45, 7) is 1.87. The van der Waals surface area contributed by atoms with Crippen molar-refractivity contribution in [2.45, 2.75) is 31.7 Å². The van der Waals surface area contributed by atoms with Crippen molar-refractivity contribution in [2.24, 2.45) is 0 Å². The Morgan fingerprint density at radius 2 is 1.52 bits per heavy atom. The van der Waals surface area contributed by atoms with E-state index in [0.717, 1.165) is 0 Å². The second kappa shape index (κ2) is 6.43. The van der Waals surface area contributed by atoms with Crippen molar-refractivity contribution in [3.05, 3.63) is 29.3 Å². The van der Waals surface area contributed by atoms with Gasteiger partial charge in [0.25, 0.3) is 5.91 Å². The van der Waals surface area contributed by atoms with E-state index in [0.29, 0.717) is 17.0 Å². The zero-order chi connectivity index (χ0) is 20.8. The van der Waals surface area contributed by atoms with Crippen LogP contribution < -0.4 is 10.6 Å². The van der Waals surface area contributed by atoms with E-state index in [9.17, 15) is 40.7 Å². The van der Waals surface area contributed by atoms with Crippen LogP contribution in [-0.4, -0.2) is 34.8 Å². The summed E-state index contributed by atoms with van der Waals surface area (Å²) in [6, 6.07) is -0.346. The number of rotatable bonds is 3. The number of alkyl halides is 6. The van der Waals surface area contributed by atoms with Crippen molar-refractivity contribution in [3.8, 4) is 0 Å². The molecule has 0 atom stereocenters. The maximum Gasteiger partial charge on any atom is 0.416 e. The first kappa shape index (κ1) is 20.5. The largest absolute Gasteiger partial charge is 0.416 e. The van der Waals surface area contributed by atoms with E-state index in [1.807, 2.05) is 5.32 Å². The van der Waals surface area contributed by atoms with E-state index < -0.39 is 59.1 Å². The number of anilines is 1. The van der Waals surface area contributed by atoms with Gasteiger partial charge in [-0.2, -0.15) is 26.3 Å². The van der Waals surface area contributed by atoms with Crippen LogP contribution in [0.1, 0.15) is 25.0 Å². The van der Waals surface area contributed by atoms with Gasteiger partial charge in [0.2, 0.25) is 5.91 Å². The van der Waals surface area contributed by atoms with Crippen LogP contribution in [0.3, 0.4) is 0 Å². The summed E-state index contributed by atoms with van der Waals surface area (Å²) in [4.78, 5) is 36.1. The number of nitrogens with one attached hydrogen (secondary N) is 2. The Morgan fingerprint density at radius 3 is 1.89 bits per heavy atom. The summed E-state index contributed by atoms with van der Waals surface area (Å²) in [5.41, 5.74) is -5.27. The summed E-state index contributed by atoms with van der Waals surface area (Å²) in [5.74, 6) is -1.90. The Kier molecular flexibility index (Phi) is 4.88. The van der Waals surface area contributed by atoms with Gasteiger partial charge in [0.15, 0.2) is 0 Å². The monoisotopic (exact) mass is 397 g/mol. The molecule has 1 aromatic carbocycles. The van der Waals surface area contributed by atoms with Crippen molar-refractivity contribution in [3.63, 3.8) is 0 Å². The zero-order valence-electron chi connectivity index (χ0n) is 13.9. The third kappa shape index (κ3) is 4.49. The molecule has 0 unspecified atom stereocenters. The van der Waals surface area contributed by atoms with Gasteiger partial charge < -0.3 is 10.6 Å². The van der Waals surface area contributed by atoms with Crippen LogP contribution in [0.2, 0.25) is 0 Å². The Hall–Kier alpha value is -2.79. The number of hydrogen-bond acceptors (Lipinski definition) is 3. The normalized spacial score (nSPS) is 17.1. The number of hydrogen-bond donors (Lipinski definition) is 2. The molecular weight excluding hydrogens is 384 g/mol. The summed E-state index contributed by atoms with van der Waals surface area (Å²) in [6.07, 6.45) is -10.1. The van der Waals surface area contributed by atoms with Crippen LogP contribution in [0.25, 0.3) is 0 Å². The van der Waals surface area contributed by atoms with Crippen LogP contribution in [0.15, 0.2) is 18.2 Å². The van der Waals surface area contributed by atoms with Gasteiger partial charge in [-0.1, -0.05) is 0 Å². The molecule has 27 heavy (non-hydrogen) atoms. The SMILES string of the molecule is CC1(C)NC(=O)N(CC(=O)Nc2cc(C(F)(F)F)cc(C(F)(F)F)c2)C1=O. The summed E-state index contributed by atoms with van der Waals surface area (Å²) < 4.78 is 76.8. The molecule has 2 N–H and O–H groups in total. The van der Waals surface area contributed by atoms with Gasteiger partial charge >= 0.3 is 18.4 Å². The first-order valence-corrected chi connectivity index (χ1v) is 7.35. The molecule has 2 rings (SSSR count). The molecule has 1 fully saturated rings. The average molecular weight is 397 g/mol. The van der Waals surface area contributed by atoms with Crippen molar-refractivity contribution < 1.29 is 40.7 Å². The maximum absolute atomic E-state index is 12.8. The van der Waals surface area contributed by atoms with E-state index in [4.69, 9.17) is 0 Å². The van der Waals surface area contributed by atoms with Crippen LogP contribution in [0.4, 0.5) is 36.8 Å². The highest BCUT2D eigenvalue weighted by Gasteiger charge is 2.45. The second-order valence-corrected chi connectivity index (χ2v) is 6.29. The Balaban J connectivity index is 2.25. The van der Waals surface area contributed by atoms with E-state index in [1.54, 1.807) is 0 Å². The predicted molar refractivity (Wildman–Crippen MR) is 79.4 cm³/mol. The van der Waals surface area contributed by atoms with Crippen molar-refractivity contribution in [1.29, 1.82) is 0 Å². The second-order valence-electron chi connectivity index (χ2n) is 6.29. The number of carbonyl (C=O) groups excluding carboxylic acids is 3. The summed E-state index contributed by atoms with van der Waals surface area (Å²) in [7, 11) is 0. The third-order valence-electron chi connectivity index (χ3n) is 3.62. The number of benzene rings is 1. The average Bonchev–Trinajstić information content (AvgIpc) is 2.67. The lowest BCUT2D eigenvalue weighted by Crippen LogP contribution is -2.41. The first-order chi connectivity index (χ1) is 12.1. The van der Waals surface area contributed by atoms with Crippen LogP contribution in [-0.2, 0) is 21.9 Å². The van der Waals surface area contributed by atoms with Crippen LogP contribution in [0, 0.1) is 0 Å². The van der Waals surface area contributed by atoms with E-state index in [-0.39, 0.29) is 6.07 Å². The van der Waals surface area contributed by atoms with Crippen molar-refractivity contribution in [1.82, 2.24) is 10.2 Å². The molecule has 0 radical (unpaired) electrons. The Morgan fingerprint density at radius 1 is 1.04 bits per heavy atom. The standard InChI is InChI=1S/C15H13F6N3O3/c1-13(2)11(26)24(12(27)23-13)6-10(25)22-9-4-7(14(16,17)18)3-8(5-9)15(19,20)21/h3-5H,6H2,1-2H3,(H,22,25)(H,23,27). The topological polar surface area (TPSA) is 78.5 Å². The zero-order valence-corrected chi connectivity index (χ0v) is 13.9. The summed E-state index contributed by atoms with van der Waals surface area (Å²) in [5, 5.41) is 4.13. The van der Waals surface area contributed by atoms with E-state index in [2.05, 4.69) is 5.32 Å². The third-order valence-corrected chi connectivity index (χ3v) is 3.62. The Bertz CT molecular complexity index is 769. The van der Waals surface area contributed by atoms with Gasteiger partial charge in [-0.05, 0) is 32.0 Å². The van der Waals surface area contributed by atoms with E-state index >= 15 is 0 Å². The van der Waals surface area contributed by atoms with Gasteiger partial charge in [-0.25, -0.2) is 4.79 Å². The highest BCUT2D eigenvalue weighted by atomic mass is 19.4. The number of imide groups is 1. The smallest absolute Gasteiger partial charge is 0.325 e. The molecule has 12 heteroatoms. The van der Waals surface area contributed by atoms with Gasteiger partial charge in [-0.3, -0.25) is 14.5 Å². The van der Waals surface area contributed by atoms with Gasteiger partial charge in [0.05, 0.1) is 11.1 Å². The molecule has 6 nitrogen and oxygen atoms in total. The Labute approximate surface area is 148 Å².